The number of ether oxygens (including phenoxy) is 3. The first-order chi connectivity index (χ1) is 16.1. The van der Waals surface area contributed by atoms with Gasteiger partial charge in [0.2, 0.25) is 11.8 Å². The van der Waals surface area contributed by atoms with E-state index in [1.165, 1.54) is 0 Å². The van der Waals surface area contributed by atoms with E-state index in [9.17, 15) is 0 Å². The van der Waals surface area contributed by atoms with Crippen LogP contribution in [0.3, 0.4) is 0 Å². The molecule has 1 aromatic heterocycles. The number of benzene rings is 3. The van der Waals surface area contributed by atoms with Crippen LogP contribution in [-0.4, -0.2) is 30.7 Å². The minimum absolute atomic E-state index is 0.533. The van der Waals surface area contributed by atoms with Crippen molar-refractivity contribution in [1.82, 2.24) is 4.98 Å². The van der Waals surface area contributed by atoms with Crippen molar-refractivity contribution in [3.63, 3.8) is 0 Å². The zero-order chi connectivity index (χ0) is 22.6. The number of aromatic nitrogens is 1. The molecule has 0 bridgehead atoms. The fraction of sp³-hybridized carbons (Fsp3) is 0.185. The van der Waals surface area contributed by atoms with E-state index in [-0.39, 0.29) is 0 Å². The fourth-order valence-electron chi connectivity index (χ4n) is 4.49. The zero-order valence-electron chi connectivity index (χ0n) is 18.6. The number of oxazole rings is 1. The number of aliphatic imine (C=N–C) groups is 1. The SMILES string of the molecule is COC1=CC=C2N=C(c3ccc(-c4nc5ccc(OC)cc5o4)c4ccccc34)OC2(C)C1. The van der Waals surface area contributed by atoms with E-state index >= 15 is 0 Å². The molecule has 0 amide bonds. The van der Waals surface area contributed by atoms with Gasteiger partial charge in [0.15, 0.2) is 11.2 Å². The third-order valence-electron chi connectivity index (χ3n) is 6.27. The molecule has 0 saturated heterocycles. The average Bonchev–Trinajstić information content (AvgIpc) is 3.42. The van der Waals surface area contributed by atoms with Gasteiger partial charge in [0.05, 0.1) is 32.1 Å². The number of allylic oxidation sites excluding steroid dienone is 2. The van der Waals surface area contributed by atoms with Crippen molar-refractivity contribution < 1.29 is 18.6 Å². The van der Waals surface area contributed by atoms with Gasteiger partial charge in [-0.2, -0.15) is 0 Å². The Morgan fingerprint density at radius 3 is 2.48 bits per heavy atom. The highest BCUT2D eigenvalue weighted by Crippen LogP contribution is 2.41. The maximum absolute atomic E-state index is 6.41. The third-order valence-corrected chi connectivity index (χ3v) is 6.27. The van der Waals surface area contributed by atoms with Gasteiger partial charge >= 0.3 is 0 Å². The predicted molar refractivity (Wildman–Crippen MR) is 127 cm³/mol. The Morgan fingerprint density at radius 1 is 0.909 bits per heavy atom. The van der Waals surface area contributed by atoms with Crippen LogP contribution in [0.4, 0.5) is 0 Å². The van der Waals surface area contributed by atoms with Crippen molar-refractivity contribution in [3.05, 3.63) is 83.8 Å². The van der Waals surface area contributed by atoms with Gasteiger partial charge in [0.25, 0.3) is 0 Å². The summed E-state index contributed by atoms with van der Waals surface area (Å²) in [7, 11) is 3.32. The Balaban J connectivity index is 1.46. The zero-order valence-corrected chi connectivity index (χ0v) is 18.6. The summed E-state index contributed by atoms with van der Waals surface area (Å²) in [6.45, 7) is 2.05. The normalized spacial score (nSPS) is 19.5. The Morgan fingerprint density at radius 2 is 1.70 bits per heavy atom. The van der Waals surface area contributed by atoms with Crippen LogP contribution in [0.2, 0.25) is 0 Å². The van der Waals surface area contributed by atoms with Crippen molar-refractivity contribution in [2.75, 3.05) is 14.2 Å². The van der Waals surface area contributed by atoms with Crippen LogP contribution in [0.25, 0.3) is 33.3 Å². The molecule has 6 heteroatoms. The molecule has 0 N–H and O–H groups in total. The summed E-state index contributed by atoms with van der Waals surface area (Å²) in [6.07, 6.45) is 4.57. The summed E-state index contributed by atoms with van der Waals surface area (Å²) in [6, 6.07) is 17.8. The smallest absolute Gasteiger partial charge is 0.227 e. The lowest BCUT2D eigenvalue weighted by Gasteiger charge is -2.28. The lowest BCUT2D eigenvalue weighted by molar-refractivity contribution is 0.107. The van der Waals surface area contributed by atoms with Gasteiger partial charge < -0.3 is 18.6 Å². The summed E-state index contributed by atoms with van der Waals surface area (Å²) in [5.41, 5.74) is 3.68. The van der Waals surface area contributed by atoms with Gasteiger partial charge in [-0.1, -0.05) is 24.3 Å². The van der Waals surface area contributed by atoms with E-state index in [1.54, 1.807) is 14.2 Å². The van der Waals surface area contributed by atoms with Crippen molar-refractivity contribution in [2.45, 2.75) is 18.9 Å². The highest BCUT2D eigenvalue weighted by molar-refractivity contribution is 6.11. The fourth-order valence-corrected chi connectivity index (χ4v) is 4.49. The van der Waals surface area contributed by atoms with Gasteiger partial charge in [0, 0.05) is 17.2 Å². The Kier molecular flexibility index (Phi) is 4.30. The minimum atomic E-state index is -0.533. The Hall–Kier alpha value is -4.06. The van der Waals surface area contributed by atoms with Gasteiger partial charge in [-0.05, 0) is 54.1 Å². The van der Waals surface area contributed by atoms with Crippen molar-refractivity contribution in [2.24, 2.45) is 4.99 Å². The molecule has 164 valence electrons. The summed E-state index contributed by atoms with van der Waals surface area (Å²) in [5, 5.41) is 2.04. The molecule has 0 saturated carbocycles. The first-order valence-electron chi connectivity index (χ1n) is 10.8. The molecule has 6 rings (SSSR count). The maximum Gasteiger partial charge on any atom is 0.227 e. The summed E-state index contributed by atoms with van der Waals surface area (Å²) >= 11 is 0. The van der Waals surface area contributed by atoms with Crippen LogP contribution >= 0.6 is 0 Å². The molecular formula is C27H22N2O4. The van der Waals surface area contributed by atoms with E-state index in [2.05, 4.69) is 12.1 Å². The lowest BCUT2D eigenvalue weighted by atomic mass is 9.93. The molecule has 33 heavy (non-hydrogen) atoms. The number of nitrogens with zero attached hydrogens (tertiary/aromatic N) is 2. The molecule has 0 spiro atoms. The standard InChI is InChI=1S/C27H22N2O4/c1-27-15-17(31-3)9-13-24(27)29-26(33-27)21-11-10-20(18-6-4-5-7-19(18)21)25-28-22-12-8-16(30-2)14-23(22)32-25/h4-14H,15H2,1-3H3. The quantitative estimate of drug-likeness (QED) is 0.390. The first-order valence-corrected chi connectivity index (χ1v) is 10.8. The van der Waals surface area contributed by atoms with Crippen LogP contribution in [0.5, 0.6) is 5.75 Å². The first kappa shape index (κ1) is 19.6. The second kappa shape index (κ2) is 7.24. The summed E-state index contributed by atoms with van der Waals surface area (Å²) in [4.78, 5) is 9.54. The van der Waals surface area contributed by atoms with Crippen molar-refractivity contribution >= 4 is 27.8 Å². The second-order valence-corrected chi connectivity index (χ2v) is 8.37. The summed E-state index contributed by atoms with van der Waals surface area (Å²) < 4.78 is 23.3. The number of hydrogen-bond donors (Lipinski definition) is 0. The molecule has 1 aliphatic carbocycles. The van der Waals surface area contributed by atoms with E-state index in [0.717, 1.165) is 44.6 Å². The van der Waals surface area contributed by atoms with Crippen molar-refractivity contribution in [3.8, 4) is 17.2 Å². The van der Waals surface area contributed by atoms with Crippen LogP contribution in [0, 0.1) is 0 Å². The highest BCUT2D eigenvalue weighted by Gasteiger charge is 2.41. The summed E-state index contributed by atoms with van der Waals surface area (Å²) in [5.74, 6) is 2.79. The molecule has 4 aromatic rings. The van der Waals surface area contributed by atoms with E-state index in [0.29, 0.717) is 23.8 Å². The predicted octanol–water partition coefficient (Wildman–Crippen LogP) is 6.01. The lowest BCUT2D eigenvalue weighted by Crippen LogP contribution is -2.30. The minimum Gasteiger partial charge on any atom is -0.501 e. The Labute approximate surface area is 190 Å². The molecular weight excluding hydrogens is 416 g/mol. The molecule has 6 nitrogen and oxygen atoms in total. The molecule has 1 atom stereocenters. The van der Waals surface area contributed by atoms with E-state index in [4.69, 9.17) is 28.6 Å². The van der Waals surface area contributed by atoms with Crippen LogP contribution in [0.15, 0.2) is 87.6 Å². The molecule has 0 radical (unpaired) electrons. The Bertz CT molecular complexity index is 1510. The molecule has 2 aliphatic rings. The molecule has 3 aromatic carbocycles. The monoisotopic (exact) mass is 438 g/mol. The number of rotatable bonds is 4. The topological polar surface area (TPSA) is 66.1 Å². The largest absolute Gasteiger partial charge is 0.501 e. The second-order valence-electron chi connectivity index (χ2n) is 8.37. The number of methoxy groups -OCH3 is 2. The van der Waals surface area contributed by atoms with Gasteiger partial charge in [-0.3, -0.25) is 0 Å². The van der Waals surface area contributed by atoms with E-state index in [1.807, 2.05) is 61.5 Å². The van der Waals surface area contributed by atoms with Crippen LogP contribution in [-0.2, 0) is 9.47 Å². The molecule has 1 aliphatic heterocycles. The van der Waals surface area contributed by atoms with E-state index < -0.39 is 5.60 Å². The van der Waals surface area contributed by atoms with Gasteiger partial charge in [-0.25, -0.2) is 9.98 Å². The maximum atomic E-state index is 6.41. The van der Waals surface area contributed by atoms with Crippen molar-refractivity contribution in [1.29, 1.82) is 0 Å². The third kappa shape index (κ3) is 3.09. The molecule has 0 fully saturated rings. The molecule has 2 heterocycles. The number of fused-ring (bicyclic) bond motifs is 3. The average molecular weight is 438 g/mol. The van der Waals surface area contributed by atoms with Crippen LogP contribution < -0.4 is 4.74 Å². The number of hydrogen-bond acceptors (Lipinski definition) is 6. The van der Waals surface area contributed by atoms with Crippen LogP contribution in [0.1, 0.15) is 18.9 Å². The van der Waals surface area contributed by atoms with Gasteiger partial charge in [-0.15, -0.1) is 0 Å². The highest BCUT2D eigenvalue weighted by atomic mass is 16.5. The van der Waals surface area contributed by atoms with Gasteiger partial charge in [0.1, 0.15) is 11.3 Å². The molecule has 1 unspecified atom stereocenters.